The molecular weight excluding hydrogens is 739 g/mol. The maximum Gasteiger partial charge on any atom is 0.337 e. The number of amides is 1. The first-order valence-corrected chi connectivity index (χ1v) is 18.4. The average molecular weight is 778 g/mol. The van der Waals surface area contributed by atoms with Gasteiger partial charge in [-0.25, -0.2) is 9.59 Å². The van der Waals surface area contributed by atoms with Gasteiger partial charge >= 0.3 is 17.9 Å². The smallest absolute Gasteiger partial charge is 0.337 e. The summed E-state index contributed by atoms with van der Waals surface area (Å²) in [6, 6.07) is 27.8. The van der Waals surface area contributed by atoms with Crippen molar-refractivity contribution in [3.63, 3.8) is 0 Å². The first-order chi connectivity index (χ1) is 26.9. The number of fused-ring (bicyclic) bond motifs is 1. The molecule has 1 N–H and O–H groups in total. The number of anilines is 1. The lowest BCUT2D eigenvalue weighted by Gasteiger charge is -2.30. The highest BCUT2D eigenvalue weighted by atomic mass is 32.2. The summed E-state index contributed by atoms with van der Waals surface area (Å²) in [5.41, 5.74) is 4.14. The Labute approximate surface area is 327 Å². The highest BCUT2D eigenvalue weighted by Gasteiger charge is 2.41. The quantitative estimate of drug-likeness (QED) is 0.0715. The molecule has 2 aliphatic heterocycles. The number of allylic oxidation sites excluding steroid dienone is 2. The second-order valence-electron chi connectivity index (χ2n) is 13.1. The number of methoxy groups -OCH3 is 2. The van der Waals surface area contributed by atoms with Crippen LogP contribution in [0, 0.1) is 10.1 Å². The molecule has 1 amide bonds. The predicted molar refractivity (Wildman–Crippen MR) is 207 cm³/mol. The van der Waals surface area contributed by atoms with Gasteiger partial charge in [-0.05, 0) is 60.4 Å². The Balaban J connectivity index is 1.23. The number of para-hydroxylation sites is 1. The fourth-order valence-corrected chi connectivity index (χ4v) is 8.14. The molecule has 2 aliphatic rings. The van der Waals surface area contributed by atoms with Crippen molar-refractivity contribution in [2.75, 3.05) is 19.1 Å². The number of carbonyl (C=O) groups is 4. The number of hydrogen-bond acceptors (Lipinski definition) is 12. The fourth-order valence-electron chi connectivity index (χ4n) is 6.82. The van der Waals surface area contributed by atoms with Crippen LogP contribution >= 0.6 is 11.8 Å². The topological polar surface area (TPSA) is 164 Å². The van der Waals surface area contributed by atoms with E-state index in [0.717, 1.165) is 16.0 Å². The molecule has 288 valence electrons. The maximum atomic E-state index is 14.3. The predicted octanol–water partition coefficient (Wildman–Crippen LogP) is 7.07. The van der Waals surface area contributed by atoms with Crippen LogP contribution in [0.15, 0.2) is 124 Å². The zero-order valence-corrected chi connectivity index (χ0v) is 32.1. The summed E-state index contributed by atoms with van der Waals surface area (Å²) in [4.78, 5) is 67.0. The fraction of sp³-hybridized carbons (Fsp3) is 0.238. The van der Waals surface area contributed by atoms with E-state index in [2.05, 4.69) is 5.32 Å². The van der Waals surface area contributed by atoms with E-state index >= 15 is 0 Å². The van der Waals surface area contributed by atoms with Crippen molar-refractivity contribution >= 4 is 47.0 Å². The molecule has 4 aromatic rings. The van der Waals surface area contributed by atoms with Crippen molar-refractivity contribution in [3.05, 3.63) is 152 Å². The summed E-state index contributed by atoms with van der Waals surface area (Å²) in [6.45, 7) is 4.64. The molecule has 56 heavy (non-hydrogen) atoms. The molecule has 0 saturated carbocycles. The average Bonchev–Trinajstić information content (AvgIpc) is 3.30. The molecular formula is C42H39N3O10S. The number of nitro benzene ring substituents is 1. The van der Waals surface area contributed by atoms with Gasteiger partial charge in [-0.2, -0.15) is 0 Å². The number of rotatable bonds is 11. The minimum absolute atomic E-state index is 0.111. The van der Waals surface area contributed by atoms with Gasteiger partial charge in [0, 0.05) is 35.3 Å². The van der Waals surface area contributed by atoms with Crippen LogP contribution in [0.2, 0.25) is 0 Å². The zero-order chi connectivity index (χ0) is 40.1. The van der Waals surface area contributed by atoms with Crippen molar-refractivity contribution in [2.24, 2.45) is 0 Å². The maximum absolute atomic E-state index is 14.3. The van der Waals surface area contributed by atoms with Crippen LogP contribution < -0.4 is 15.0 Å². The van der Waals surface area contributed by atoms with Gasteiger partial charge < -0.3 is 29.2 Å². The number of ether oxygens (including phenoxy) is 4. The van der Waals surface area contributed by atoms with Gasteiger partial charge in [0.2, 0.25) is 0 Å². The highest BCUT2D eigenvalue weighted by molar-refractivity contribution is 7.99. The van der Waals surface area contributed by atoms with E-state index in [0.29, 0.717) is 34.0 Å². The molecule has 1 unspecified atom stereocenters. The molecule has 2 heterocycles. The van der Waals surface area contributed by atoms with Gasteiger partial charge in [0.05, 0.1) is 53.7 Å². The van der Waals surface area contributed by atoms with Gasteiger partial charge in [-0.3, -0.25) is 19.7 Å². The second-order valence-corrected chi connectivity index (χ2v) is 14.3. The number of benzene rings is 4. The Bertz CT molecular complexity index is 2250. The van der Waals surface area contributed by atoms with Crippen molar-refractivity contribution in [1.29, 1.82) is 0 Å². The summed E-state index contributed by atoms with van der Waals surface area (Å²) in [5.74, 6) is -2.71. The third kappa shape index (κ3) is 8.30. The third-order valence-corrected chi connectivity index (χ3v) is 10.8. The normalized spacial score (nSPS) is 18.0. The lowest BCUT2D eigenvalue weighted by atomic mass is 9.80. The Morgan fingerprint density at radius 1 is 0.839 bits per heavy atom. The number of nitrogens with one attached hydrogen (secondary N) is 1. The number of non-ortho nitro benzene ring substituents is 1. The van der Waals surface area contributed by atoms with E-state index in [-0.39, 0.29) is 35.9 Å². The van der Waals surface area contributed by atoms with E-state index in [1.807, 2.05) is 48.5 Å². The SMILES string of the molecule is COC(=O)C1=C(C)NC(C)=C(C(=O)OCc2ccc(CN3C(=O)[C@H](OC(C)=O)[C@H](c4ccc(OC)cc4)Sc4ccccc43)cc2)C1c1cccc([N+](=O)[O-])c1. The number of carbonyl (C=O) groups excluding carboxylic acids is 4. The van der Waals surface area contributed by atoms with Gasteiger partial charge in [0.25, 0.3) is 11.6 Å². The molecule has 0 bridgehead atoms. The lowest BCUT2D eigenvalue weighted by Crippen LogP contribution is -2.42. The summed E-state index contributed by atoms with van der Waals surface area (Å²) < 4.78 is 21.9. The van der Waals surface area contributed by atoms with Crippen LogP contribution in [0.5, 0.6) is 5.75 Å². The minimum atomic E-state index is -1.12. The number of dihydropyridines is 1. The Kier molecular flexibility index (Phi) is 11.9. The summed E-state index contributed by atoms with van der Waals surface area (Å²) in [5, 5.41) is 14.1. The van der Waals surface area contributed by atoms with Crippen LogP contribution in [-0.2, 0) is 46.5 Å². The number of esters is 3. The van der Waals surface area contributed by atoms with Crippen molar-refractivity contribution in [3.8, 4) is 5.75 Å². The Morgan fingerprint density at radius 2 is 1.50 bits per heavy atom. The van der Waals surface area contributed by atoms with Crippen molar-refractivity contribution in [1.82, 2.24) is 5.32 Å². The lowest BCUT2D eigenvalue weighted by molar-refractivity contribution is -0.384. The Morgan fingerprint density at radius 3 is 2.14 bits per heavy atom. The molecule has 0 fully saturated rings. The number of nitro groups is 1. The molecule has 14 heteroatoms. The van der Waals surface area contributed by atoms with Crippen LogP contribution in [0.3, 0.4) is 0 Å². The van der Waals surface area contributed by atoms with Crippen LogP contribution in [0.4, 0.5) is 11.4 Å². The zero-order valence-electron chi connectivity index (χ0n) is 31.3. The molecule has 3 atom stereocenters. The Hall–Kier alpha value is -6.41. The first kappa shape index (κ1) is 39.3. The molecule has 0 radical (unpaired) electrons. The standard InChI is InChI=1S/C42H39N3O10S/c1-24-35(41(48)53-5)37(30-9-8-10-31(21-30)45(50)51)36(25(2)43-24)42(49)54-23-28-15-13-27(14-16-28)22-44-33-11-6-7-12-34(33)56-39(38(40(44)47)55-26(3)46)29-17-19-32(52-4)20-18-29/h6-21,37-39,43H,22-23H2,1-5H3/t37?,38-,39+/m1/s1. The molecule has 6 rings (SSSR count). The monoisotopic (exact) mass is 777 g/mol. The van der Waals surface area contributed by atoms with E-state index in [1.165, 1.54) is 44.0 Å². The summed E-state index contributed by atoms with van der Waals surface area (Å²) >= 11 is 1.44. The summed E-state index contributed by atoms with van der Waals surface area (Å²) in [7, 11) is 2.79. The second kappa shape index (κ2) is 16.9. The van der Waals surface area contributed by atoms with Gasteiger partial charge in [0.1, 0.15) is 12.4 Å². The van der Waals surface area contributed by atoms with E-state index in [9.17, 15) is 29.3 Å². The summed E-state index contributed by atoms with van der Waals surface area (Å²) in [6.07, 6.45) is -1.12. The highest BCUT2D eigenvalue weighted by Crippen LogP contribution is 2.47. The van der Waals surface area contributed by atoms with E-state index in [1.54, 1.807) is 56.2 Å². The first-order valence-electron chi connectivity index (χ1n) is 17.5. The number of hydrogen-bond donors (Lipinski definition) is 1. The van der Waals surface area contributed by atoms with Gasteiger partial charge in [0.15, 0.2) is 6.10 Å². The third-order valence-electron chi connectivity index (χ3n) is 9.47. The molecule has 0 aliphatic carbocycles. The van der Waals surface area contributed by atoms with E-state index < -0.39 is 40.1 Å². The van der Waals surface area contributed by atoms with Crippen molar-refractivity contribution < 1.29 is 43.0 Å². The van der Waals surface area contributed by atoms with E-state index in [4.69, 9.17) is 18.9 Å². The molecule has 13 nitrogen and oxygen atoms in total. The molecule has 0 spiro atoms. The van der Waals surface area contributed by atoms with Crippen LogP contribution in [0.25, 0.3) is 0 Å². The van der Waals surface area contributed by atoms with Gasteiger partial charge in [-0.1, -0.05) is 60.7 Å². The van der Waals surface area contributed by atoms with Gasteiger partial charge in [-0.15, -0.1) is 11.8 Å². The number of thioether (sulfide) groups is 1. The van der Waals surface area contributed by atoms with Crippen molar-refractivity contribution in [2.45, 2.75) is 56.1 Å². The minimum Gasteiger partial charge on any atom is -0.497 e. The largest absolute Gasteiger partial charge is 0.497 e. The van der Waals surface area contributed by atoms with Crippen LogP contribution in [0.1, 0.15) is 54.2 Å². The van der Waals surface area contributed by atoms with Crippen LogP contribution in [-0.4, -0.2) is 49.1 Å². The molecule has 0 saturated heterocycles. The molecule has 0 aromatic heterocycles. The number of nitrogens with zero attached hydrogens (tertiary/aromatic N) is 2. The molecule has 4 aromatic carbocycles.